The Morgan fingerprint density at radius 2 is 2.03 bits per heavy atom. The van der Waals surface area contributed by atoms with Crippen LogP contribution in [0.3, 0.4) is 0 Å². The molecule has 3 aromatic rings. The molecule has 0 saturated carbocycles. The summed E-state index contributed by atoms with van der Waals surface area (Å²) >= 11 is 0. The predicted octanol–water partition coefficient (Wildman–Crippen LogP) is 4.24. The lowest BCUT2D eigenvalue weighted by Gasteiger charge is -2.37. The van der Waals surface area contributed by atoms with Crippen LogP contribution in [0.5, 0.6) is 0 Å². The van der Waals surface area contributed by atoms with Crippen LogP contribution in [0, 0.1) is 0 Å². The number of imidazole rings is 1. The van der Waals surface area contributed by atoms with E-state index in [1.165, 1.54) is 6.20 Å². The summed E-state index contributed by atoms with van der Waals surface area (Å²) in [6.45, 7) is 12.5. The summed E-state index contributed by atoms with van der Waals surface area (Å²) in [5.74, 6) is 0.244. The van der Waals surface area contributed by atoms with Gasteiger partial charge in [0, 0.05) is 31.0 Å². The van der Waals surface area contributed by atoms with Crippen molar-refractivity contribution in [2.45, 2.75) is 57.8 Å². The first-order chi connectivity index (χ1) is 14.0. The second kappa shape index (κ2) is 8.27. The normalized spacial score (nSPS) is 13.6. The molecule has 1 amide bonds. The molecule has 5 N–H and O–H groups in total. The molecule has 30 heavy (non-hydrogen) atoms. The Bertz CT molecular complexity index is 1030. The number of nitrogen functional groups attached to an aromatic ring is 1. The molecule has 0 aliphatic rings. The number of rotatable bonds is 8. The zero-order chi connectivity index (χ0) is 22.1. The van der Waals surface area contributed by atoms with Gasteiger partial charge in [-0.05, 0) is 48.1 Å². The van der Waals surface area contributed by atoms with Crippen LogP contribution in [0.1, 0.15) is 49.4 Å². The van der Waals surface area contributed by atoms with Gasteiger partial charge in [0.1, 0.15) is 11.5 Å². The molecule has 1 aromatic carbocycles. The molecule has 0 fully saturated rings. The van der Waals surface area contributed by atoms with Gasteiger partial charge in [-0.1, -0.05) is 26.8 Å². The quantitative estimate of drug-likeness (QED) is 0.369. The summed E-state index contributed by atoms with van der Waals surface area (Å²) in [4.78, 5) is 19.0. The topological polar surface area (TPSA) is 112 Å². The number of hydrogen-bond donors (Lipinski definition) is 3. The van der Waals surface area contributed by atoms with Gasteiger partial charge in [0.15, 0.2) is 8.32 Å². The molecule has 0 aliphatic heterocycles. The maximum absolute atomic E-state index is 11.5. The fourth-order valence-electron chi connectivity index (χ4n) is 3.18. The van der Waals surface area contributed by atoms with Gasteiger partial charge >= 0.3 is 0 Å². The number of aromatic nitrogens is 3. The zero-order valence-corrected chi connectivity index (χ0v) is 19.5. The highest BCUT2D eigenvalue weighted by Crippen LogP contribution is 2.37. The smallest absolute Gasteiger partial charge is 0.266 e. The Morgan fingerprint density at radius 3 is 2.67 bits per heavy atom. The molecule has 8 heteroatoms. The van der Waals surface area contributed by atoms with Crippen LogP contribution in [0.25, 0.3) is 10.9 Å². The Balaban J connectivity index is 1.81. The molecule has 3 rings (SSSR count). The molecular weight excluding hydrogens is 394 g/mol. The van der Waals surface area contributed by atoms with Crippen LogP contribution in [-0.4, -0.2) is 35.4 Å². The van der Waals surface area contributed by atoms with Crippen molar-refractivity contribution in [2.75, 3.05) is 12.3 Å². The largest absolute Gasteiger partial charge is 0.416 e. The standard InChI is InChI=1S/C22H33N5O2Si/c1-22(2,3)30(4,5)29-14-16(21-25-13-18(26-21)20(24)28)9-11-27-10-8-15-6-7-17(23)12-19(15)27/h6-8,10,12-13,16H,9,11,14,23H2,1-5H3,(H2,24,28)(H,25,26)/t16-/m0/s1. The number of primary amides is 1. The van der Waals surface area contributed by atoms with Crippen molar-refractivity contribution in [3.63, 3.8) is 0 Å². The molecule has 0 aliphatic carbocycles. The minimum Gasteiger partial charge on any atom is -0.416 e. The first kappa shape index (κ1) is 22.1. The zero-order valence-electron chi connectivity index (χ0n) is 18.5. The number of amides is 1. The molecule has 0 saturated heterocycles. The van der Waals surface area contributed by atoms with E-state index in [1.54, 1.807) is 0 Å². The number of aryl methyl sites for hydroxylation is 1. The number of nitrogens with zero attached hydrogens (tertiary/aromatic N) is 2. The van der Waals surface area contributed by atoms with E-state index < -0.39 is 14.2 Å². The molecule has 2 aromatic heterocycles. The number of nitrogens with two attached hydrogens (primary N) is 2. The Kier molecular flexibility index (Phi) is 6.10. The second-order valence-electron chi connectivity index (χ2n) is 9.43. The SMILES string of the molecule is CC(C)(C)[Si](C)(C)OC[C@H](CCn1ccc2ccc(N)cc21)c1ncc(C(N)=O)[nH]1. The summed E-state index contributed by atoms with van der Waals surface area (Å²) in [5.41, 5.74) is 13.6. The van der Waals surface area contributed by atoms with Crippen LogP contribution in [0.2, 0.25) is 18.1 Å². The van der Waals surface area contributed by atoms with Gasteiger partial charge in [0.05, 0.1) is 11.7 Å². The van der Waals surface area contributed by atoms with Crippen molar-refractivity contribution >= 4 is 30.8 Å². The van der Waals surface area contributed by atoms with Crippen LogP contribution in [0.4, 0.5) is 5.69 Å². The third-order valence-electron chi connectivity index (χ3n) is 6.22. The predicted molar refractivity (Wildman–Crippen MR) is 124 cm³/mol. The summed E-state index contributed by atoms with van der Waals surface area (Å²) < 4.78 is 8.69. The van der Waals surface area contributed by atoms with Gasteiger partial charge in [0.25, 0.3) is 5.91 Å². The molecule has 7 nitrogen and oxygen atoms in total. The van der Waals surface area contributed by atoms with Crippen LogP contribution in [0.15, 0.2) is 36.7 Å². The lowest BCUT2D eigenvalue weighted by Crippen LogP contribution is -2.41. The number of aromatic amines is 1. The van der Waals surface area contributed by atoms with E-state index in [-0.39, 0.29) is 11.0 Å². The number of anilines is 1. The monoisotopic (exact) mass is 427 g/mol. The molecule has 0 bridgehead atoms. The Morgan fingerprint density at radius 1 is 1.30 bits per heavy atom. The van der Waals surface area contributed by atoms with E-state index in [0.717, 1.165) is 35.4 Å². The number of benzene rings is 1. The third kappa shape index (κ3) is 4.76. The average Bonchev–Trinajstić information content (AvgIpc) is 3.28. The molecule has 0 radical (unpaired) electrons. The van der Waals surface area contributed by atoms with Crippen molar-refractivity contribution in [3.8, 4) is 0 Å². The number of nitrogens with one attached hydrogen (secondary N) is 1. The van der Waals surface area contributed by atoms with Crippen molar-refractivity contribution in [2.24, 2.45) is 5.73 Å². The number of hydrogen-bond acceptors (Lipinski definition) is 4. The van der Waals surface area contributed by atoms with E-state index in [0.29, 0.717) is 12.3 Å². The van der Waals surface area contributed by atoms with Gasteiger partial charge < -0.3 is 25.4 Å². The number of carbonyl (C=O) groups is 1. The van der Waals surface area contributed by atoms with Gasteiger partial charge in [-0.3, -0.25) is 4.79 Å². The molecule has 2 heterocycles. The van der Waals surface area contributed by atoms with E-state index in [4.69, 9.17) is 15.9 Å². The van der Waals surface area contributed by atoms with E-state index in [9.17, 15) is 4.79 Å². The second-order valence-corrected chi connectivity index (χ2v) is 14.2. The fraction of sp³-hybridized carbons (Fsp3) is 0.455. The Hall–Kier alpha value is -2.58. The van der Waals surface area contributed by atoms with E-state index in [1.807, 2.05) is 18.2 Å². The maximum Gasteiger partial charge on any atom is 0.266 e. The number of fused-ring (bicyclic) bond motifs is 1. The average molecular weight is 428 g/mol. The summed E-state index contributed by atoms with van der Waals surface area (Å²) in [7, 11) is -1.92. The van der Waals surface area contributed by atoms with Crippen LogP contribution < -0.4 is 11.5 Å². The summed E-state index contributed by atoms with van der Waals surface area (Å²) in [5, 5.41) is 1.28. The van der Waals surface area contributed by atoms with Gasteiger partial charge in [-0.25, -0.2) is 4.98 Å². The highest BCUT2D eigenvalue weighted by atomic mass is 28.4. The summed E-state index contributed by atoms with van der Waals surface area (Å²) in [6.07, 6.45) is 4.38. The van der Waals surface area contributed by atoms with Gasteiger partial charge in [-0.15, -0.1) is 0 Å². The lowest BCUT2D eigenvalue weighted by molar-refractivity contribution is 0.0995. The van der Waals surface area contributed by atoms with Crippen molar-refractivity contribution in [3.05, 3.63) is 48.2 Å². The number of carbonyl (C=O) groups excluding carboxylic acids is 1. The van der Waals surface area contributed by atoms with Gasteiger partial charge in [-0.2, -0.15) is 0 Å². The minimum absolute atomic E-state index is 0.0192. The molecule has 0 unspecified atom stereocenters. The van der Waals surface area contributed by atoms with Gasteiger partial charge in [0.2, 0.25) is 0 Å². The van der Waals surface area contributed by atoms with Crippen LogP contribution in [-0.2, 0) is 11.0 Å². The molecule has 1 atom stereocenters. The lowest BCUT2D eigenvalue weighted by atomic mass is 10.1. The van der Waals surface area contributed by atoms with E-state index >= 15 is 0 Å². The highest BCUT2D eigenvalue weighted by molar-refractivity contribution is 6.74. The molecule has 0 spiro atoms. The van der Waals surface area contributed by atoms with Crippen molar-refractivity contribution < 1.29 is 9.22 Å². The summed E-state index contributed by atoms with van der Waals surface area (Å²) in [6, 6.07) is 8.03. The van der Waals surface area contributed by atoms with Crippen LogP contribution >= 0.6 is 0 Å². The van der Waals surface area contributed by atoms with E-state index in [2.05, 4.69) is 60.7 Å². The third-order valence-corrected chi connectivity index (χ3v) is 10.7. The maximum atomic E-state index is 11.5. The number of H-pyrrole nitrogens is 1. The van der Waals surface area contributed by atoms with Crippen molar-refractivity contribution in [1.82, 2.24) is 14.5 Å². The molecular formula is C22H33N5O2Si. The first-order valence-electron chi connectivity index (χ1n) is 10.3. The first-order valence-corrected chi connectivity index (χ1v) is 13.2. The van der Waals surface area contributed by atoms with Crippen molar-refractivity contribution in [1.29, 1.82) is 0 Å². The molecule has 162 valence electrons. The highest BCUT2D eigenvalue weighted by Gasteiger charge is 2.38. The minimum atomic E-state index is -1.92. The fourth-order valence-corrected chi connectivity index (χ4v) is 4.24. The Labute approximate surface area is 178 Å².